The van der Waals surface area contributed by atoms with Crippen LogP contribution in [0.25, 0.3) is 0 Å². The summed E-state index contributed by atoms with van der Waals surface area (Å²) in [6, 6.07) is 5.99. The number of sulfonamides is 1. The predicted molar refractivity (Wildman–Crippen MR) is 95.3 cm³/mol. The van der Waals surface area contributed by atoms with E-state index in [4.69, 9.17) is 5.11 Å². The molecule has 0 unspecified atom stereocenters. The van der Waals surface area contributed by atoms with Gasteiger partial charge in [-0.1, -0.05) is 18.6 Å². The molecule has 26 heavy (non-hydrogen) atoms. The fraction of sp³-hybridized carbons (Fsp3) is 0.556. The topological polar surface area (TPSA) is 104 Å². The summed E-state index contributed by atoms with van der Waals surface area (Å²) < 4.78 is 27.4. The molecule has 1 aromatic carbocycles. The molecule has 7 nitrogen and oxygen atoms in total. The van der Waals surface area contributed by atoms with Crippen LogP contribution in [0.15, 0.2) is 29.2 Å². The average molecular weight is 380 g/mol. The third-order valence-corrected chi connectivity index (χ3v) is 7.14. The lowest BCUT2D eigenvalue weighted by Gasteiger charge is -2.26. The van der Waals surface area contributed by atoms with Crippen molar-refractivity contribution in [3.05, 3.63) is 29.8 Å². The molecule has 1 amide bonds. The second kappa shape index (κ2) is 7.75. The van der Waals surface area contributed by atoms with Gasteiger partial charge in [-0.05, 0) is 44.2 Å². The standard InChI is InChI=1S/C18H24N2O5S/c21-17(19-14-9-8-13(12-14)18(22)23)15-6-2-3-7-16(15)26(24,25)20-10-4-1-5-11-20/h2-3,6-7,13-14H,1,4-5,8-12H2,(H,19,21)(H,22,23)/t13-,14+/m1/s1. The molecule has 1 saturated carbocycles. The Kier molecular flexibility index (Phi) is 5.62. The van der Waals surface area contributed by atoms with Crippen LogP contribution in [0.3, 0.4) is 0 Å². The molecule has 8 heteroatoms. The first kappa shape index (κ1) is 18.8. The van der Waals surface area contributed by atoms with E-state index < -0.39 is 27.8 Å². The van der Waals surface area contributed by atoms with Crippen molar-refractivity contribution in [3.63, 3.8) is 0 Å². The molecule has 1 saturated heterocycles. The number of carboxylic acid groups (broad SMARTS) is 1. The van der Waals surface area contributed by atoms with Gasteiger partial charge < -0.3 is 10.4 Å². The quantitative estimate of drug-likeness (QED) is 0.811. The largest absolute Gasteiger partial charge is 0.481 e. The molecule has 2 aliphatic rings. The second-order valence-corrected chi connectivity index (χ2v) is 8.89. The van der Waals surface area contributed by atoms with Gasteiger partial charge in [0.2, 0.25) is 10.0 Å². The molecule has 3 rings (SSSR count). The summed E-state index contributed by atoms with van der Waals surface area (Å²) in [5, 5.41) is 11.9. The van der Waals surface area contributed by atoms with Gasteiger partial charge in [-0.15, -0.1) is 0 Å². The third kappa shape index (κ3) is 3.91. The maximum Gasteiger partial charge on any atom is 0.306 e. The third-order valence-electron chi connectivity index (χ3n) is 5.18. The molecule has 0 aromatic heterocycles. The Balaban J connectivity index is 1.78. The minimum Gasteiger partial charge on any atom is -0.481 e. The number of rotatable bonds is 5. The highest BCUT2D eigenvalue weighted by molar-refractivity contribution is 7.89. The lowest BCUT2D eigenvalue weighted by atomic mass is 10.1. The molecule has 1 aliphatic heterocycles. The van der Waals surface area contributed by atoms with Gasteiger partial charge in [0, 0.05) is 19.1 Å². The minimum absolute atomic E-state index is 0.0205. The summed E-state index contributed by atoms with van der Waals surface area (Å²) in [6.45, 7) is 0.947. The van der Waals surface area contributed by atoms with Gasteiger partial charge >= 0.3 is 5.97 Å². The fourth-order valence-electron chi connectivity index (χ4n) is 3.72. The van der Waals surface area contributed by atoms with E-state index in [1.807, 2.05) is 0 Å². The summed E-state index contributed by atoms with van der Waals surface area (Å²) in [5.74, 6) is -1.76. The van der Waals surface area contributed by atoms with Crippen molar-refractivity contribution in [2.24, 2.45) is 5.92 Å². The van der Waals surface area contributed by atoms with Crippen LogP contribution in [0.1, 0.15) is 48.9 Å². The van der Waals surface area contributed by atoms with E-state index in [1.165, 1.54) is 16.4 Å². The lowest BCUT2D eigenvalue weighted by molar-refractivity contribution is -0.141. The lowest BCUT2D eigenvalue weighted by Crippen LogP contribution is -2.38. The number of aliphatic carboxylic acids is 1. The Morgan fingerprint density at radius 3 is 2.42 bits per heavy atom. The van der Waals surface area contributed by atoms with Gasteiger partial charge in [0.15, 0.2) is 0 Å². The van der Waals surface area contributed by atoms with Crippen LogP contribution in [0.2, 0.25) is 0 Å². The molecule has 0 bridgehead atoms. The van der Waals surface area contributed by atoms with Gasteiger partial charge in [-0.3, -0.25) is 9.59 Å². The number of benzene rings is 1. The van der Waals surface area contributed by atoms with Crippen molar-refractivity contribution >= 4 is 21.9 Å². The summed E-state index contributed by atoms with van der Waals surface area (Å²) in [7, 11) is -3.72. The van der Waals surface area contributed by atoms with Crippen molar-refractivity contribution in [1.29, 1.82) is 0 Å². The van der Waals surface area contributed by atoms with E-state index in [0.717, 1.165) is 19.3 Å². The first-order valence-electron chi connectivity index (χ1n) is 9.02. The Morgan fingerprint density at radius 1 is 1.08 bits per heavy atom. The fourth-order valence-corrected chi connectivity index (χ4v) is 5.43. The van der Waals surface area contributed by atoms with Gasteiger partial charge in [0.05, 0.1) is 16.4 Å². The maximum absolute atomic E-state index is 13.0. The molecule has 0 spiro atoms. The first-order chi connectivity index (χ1) is 12.4. The number of carbonyl (C=O) groups is 2. The SMILES string of the molecule is O=C(N[C@H]1CC[C@@H](C(=O)O)C1)c1ccccc1S(=O)(=O)N1CCCCC1. The Bertz CT molecular complexity index is 787. The highest BCUT2D eigenvalue weighted by Crippen LogP contribution is 2.27. The van der Waals surface area contributed by atoms with Crippen molar-refractivity contribution in [3.8, 4) is 0 Å². The number of carbonyl (C=O) groups excluding carboxylic acids is 1. The molecular weight excluding hydrogens is 356 g/mol. The first-order valence-corrected chi connectivity index (χ1v) is 10.5. The molecule has 1 aromatic rings. The summed E-state index contributed by atoms with van der Waals surface area (Å²) >= 11 is 0. The van der Waals surface area contributed by atoms with Gasteiger partial charge in [-0.2, -0.15) is 4.31 Å². The van der Waals surface area contributed by atoms with Crippen LogP contribution in [-0.4, -0.2) is 48.8 Å². The van der Waals surface area contributed by atoms with Crippen molar-refractivity contribution in [2.75, 3.05) is 13.1 Å². The van der Waals surface area contributed by atoms with Crippen molar-refractivity contribution in [2.45, 2.75) is 49.5 Å². The number of nitrogens with one attached hydrogen (secondary N) is 1. The van der Waals surface area contributed by atoms with E-state index in [-0.39, 0.29) is 16.5 Å². The Labute approximate surface area is 153 Å². The van der Waals surface area contributed by atoms with Crippen molar-refractivity contribution in [1.82, 2.24) is 9.62 Å². The van der Waals surface area contributed by atoms with Crippen LogP contribution in [0, 0.1) is 5.92 Å². The van der Waals surface area contributed by atoms with Crippen LogP contribution in [-0.2, 0) is 14.8 Å². The molecule has 0 radical (unpaired) electrons. The Hall–Kier alpha value is -1.93. The monoisotopic (exact) mass is 380 g/mol. The van der Waals surface area contributed by atoms with E-state index >= 15 is 0 Å². The Morgan fingerprint density at radius 2 is 1.77 bits per heavy atom. The highest BCUT2D eigenvalue weighted by Gasteiger charge is 2.33. The number of piperidine rings is 1. The molecule has 2 N–H and O–H groups in total. The second-order valence-electron chi connectivity index (χ2n) is 6.98. The summed E-state index contributed by atoms with van der Waals surface area (Å²) in [5.41, 5.74) is 0.122. The van der Waals surface area contributed by atoms with Gasteiger partial charge in [0.1, 0.15) is 0 Å². The van der Waals surface area contributed by atoms with E-state index in [1.54, 1.807) is 12.1 Å². The molecule has 1 heterocycles. The molecule has 1 aliphatic carbocycles. The molecular formula is C18H24N2O5S. The normalized spacial score (nSPS) is 24.3. The van der Waals surface area contributed by atoms with Crippen LogP contribution < -0.4 is 5.32 Å². The predicted octanol–water partition coefficient (Wildman–Crippen LogP) is 1.84. The highest BCUT2D eigenvalue weighted by atomic mass is 32.2. The van der Waals surface area contributed by atoms with Crippen LogP contribution in [0.4, 0.5) is 0 Å². The molecule has 142 valence electrons. The number of carboxylic acids is 1. The van der Waals surface area contributed by atoms with Crippen molar-refractivity contribution < 1.29 is 23.1 Å². The minimum atomic E-state index is -3.72. The smallest absolute Gasteiger partial charge is 0.306 e. The number of amides is 1. The van der Waals surface area contributed by atoms with E-state index in [2.05, 4.69) is 5.32 Å². The number of hydrogen-bond donors (Lipinski definition) is 2. The number of nitrogens with zero attached hydrogens (tertiary/aromatic N) is 1. The van der Waals surface area contributed by atoms with Crippen LogP contribution >= 0.6 is 0 Å². The maximum atomic E-state index is 13.0. The zero-order valence-corrected chi connectivity index (χ0v) is 15.4. The zero-order chi connectivity index (χ0) is 18.7. The average Bonchev–Trinajstić information content (AvgIpc) is 3.11. The van der Waals surface area contributed by atoms with E-state index in [0.29, 0.717) is 32.4 Å². The van der Waals surface area contributed by atoms with E-state index in [9.17, 15) is 18.0 Å². The summed E-state index contributed by atoms with van der Waals surface area (Å²) in [4.78, 5) is 23.8. The van der Waals surface area contributed by atoms with Gasteiger partial charge in [0.25, 0.3) is 5.91 Å². The van der Waals surface area contributed by atoms with Gasteiger partial charge in [-0.25, -0.2) is 8.42 Å². The van der Waals surface area contributed by atoms with Crippen LogP contribution in [0.5, 0.6) is 0 Å². The number of hydrogen-bond acceptors (Lipinski definition) is 4. The molecule has 2 atom stereocenters. The summed E-state index contributed by atoms with van der Waals surface area (Å²) in [6.07, 6.45) is 4.15. The zero-order valence-electron chi connectivity index (χ0n) is 14.6. The molecule has 2 fully saturated rings.